The highest BCUT2D eigenvalue weighted by molar-refractivity contribution is 7.86. The Labute approximate surface area is 212 Å². The molecule has 3 atom stereocenters. The molecule has 3 aromatic rings. The quantitative estimate of drug-likeness (QED) is 0.396. The second-order valence-corrected chi connectivity index (χ2v) is 10.9. The summed E-state index contributed by atoms with van der Waals surface area (Å²) >= 11 is 0. The highest BCUT2D eigenvalue weighted by atomic mass is 32.2. The van der Waals surface area contributed by atoms with Crippen LogP contribution in [0.3, 0.4) is 0 Å². The topological polar surface area (TPSA) is 91.3 Å². The van der Waals surface area contributed by atoms with Crippen molar-refractivity contribution in [2.45, 2.75) is 50.1 Å². The van der Waals surface area contributed by atoms with Crippen molar-refractivity contribution in [3.63, 3.8) is 0 Å². The number of aliphatic hydroxyl groups is 1. The Morgan fingerprint density at radius 3 is 2.42 bits per heavy atom. The van der Waals surface area contributed by atoms with Crippen molar-refractivity contribution in [1.82, 2.24) is 0 Å². The normalized spacial score (nSPS) is 21.9. The van der Waals surface area contributed by atoms with Crippen molar-refractivity contribution in [1.29, 1.82) is 0 Å². The molecule has 4 rings (SSSR count). The third kappa shape index (κ3) is 6.25. The first-order valence-electron chi connectivity index (χ1n) is 11.8. The van der Waals surface area contributed by atoms with Crippen LogP contribution in [0.1, 0.15) is 30.0 Å². The van der Waals surface area contributed by atoms with Crippen LogP contribution in [0.25, 0.3) is 0 Å². The molecule has 1 heterocycles. The Kier molecular flexibility index (Phi) is 8.00. The highest BCUT2D eigenvalue weighted by Crippen LogP contribution is 2.39. The standard InChI is InChI=1S/C28H32O7S/c1-20-9-12-24(13-10-20)36(30,31)34-19-28(2)23(17-27(29)35-28)15-22-11-14-25(26(16-22)32-3)33-18-21-7-5-4-6-8-21/h4-14,16,23,27,29H,15,17-19H2,1-3H3/t23-,27?,28-/m0/s1. The smallest absolute Gasteiger partial charge is 0.297 e. The number of benzene rings is 3. The Morgan fingerprint density at radius 1 is 1.00 bits per heavy atom. The van der Waals surface area contributed by atoms with Crippen LogP contribution in [0.15, 0.2) is 77.7 Å². The zero-order valence-corrected chi connectivity index (χ0v) is 21.5. The molecular weight excluding hydrogens is 480 g/mol. The van der Waals surface area contributed by atoms with E-state index in [1.165, 1.54) is 12.1 Å². The molecule has 1 N–H and O–H groups in total. The number of ether oxygens (including phenoxy) is 3. The molecule has 1 aliphatic heterocycles. The van der Waals surface area contributed by atoms with Crippen LogP contribution in [-0.4, -0.2) is 39.1 Å². The fraction of sp³-hybridized carbons (Fsp3) is 0.357. The molecule has 0 amide bonds. The minimum atomic E-state index is -3.96. The first-order valence-corrected chi connectivity index (χ1v) is 13.2. The zero-order valence-electron chi connectivity index (χ0n) is 20.7. The summed E-state index contributed by atoms with van der Waals surface area (Å²) in [6.07, 6.45) is -0.100. The SMILES string of the molecule is COc1cc(C[C@H]2CC(O)O[C@@]2(C)COS(=O)(=O)c2ccc(C)cc2)ccc1OCc1ccccc1. The molecule has 1 fully saturated rings. The van der Waals surface area contributed by atoms with E-state index in [9.17, 15) is 13.5 Å². The second-order valence-electron chi connectivity index (χ2n) is 9.31. The summed E-state index contributed by atoms with van der Waals surface area (Å²) in [5.74, 6) is 1.05. The van der Waals surface area contributed by atoms with Crippen LogP contribution >= 0.6 is 0 Å². The van der Waals surface area contributed by atoms with Crippen LogP contribution in [-0.2, 0) is 32.1 Å². The molecule has 0 radical (unpaired) electrons. The fourth-order valence-corrected chi connectivity index (χ4v) is 5.34. The summed E-state index contributed by atoms with van der Waals surface area (Å²) in [5, 5.41) is 10.2. The molecule has 0 aromatic heterocycles. The van der Waals surface area contributed by atoms with E-state index in [0.717, 1.165) is 16.7 Å². The average molecular weight is 513 g/mol. The van der Waals surface area contributed by atoms with Crippen LogP contribution in [0, 0.1) is 12.8 Å². The van der Waals surface area contributed by atoms with Gasteiger partial charge in [0, 0.05) is 6.42 Å². The largest absolute Gasteiger partial charge is 0.493 e. The number of methoxy groups -OCH3 is 1. The Bertz CT molecular complexity index is 1260. The van der Waals surface area contributed by atoms with Gasteiger partial charge < -0.3 is 19.3 Å². The fourth-order valence-electron chi connectivity index (χ4n) is 4.34. The van der Waals surface area contributed by atoms with Gasteiger partial charge in [-0.2, -0.15) is 8.42 Å². The van der Waals surface area contributed by atoms with E-state index < -0.39 is 22.0 Å². The molecular formula is C28H32O7S. The highest BCUT2D eigenvalue weighted by Gasteiger charge is 2.45. The monoisotopic (exact) mass is 512 g/mol. The van der Waals surface area contributed by atoms with Gasteiger partial charge in [0.25, 0.3) is 10.1 Å². The number of hydrogen-bond acceptors (Lipinski definition) is 7. The van der Waals surface area contributed by atoms with E-state index >= 15 is 0 Å². The van der Waals surface area contributed by atoms with E-state index in [-0.39, 0.29) is 17.4 Å². The maximum Gasteiger partial charge on any atom is 0.297 e. The van der Waals surface area contributed by atoms with Gasteiger partial charge in [-0.1, -0.05) is 54.1 Å². The van der Waals surface area contributed by atoms with Crippen molar-refractivity contribution < 1.29 is 31.9 Å². The minimum absolute atomic E-state index is 0.0858. The molecule has 3 aromatic carbocycles. The van der Waals surface area contributed by atoms with Gasteiger partial charge in [0.1, 0.15) is 6.61 Å². The predicted octanol–water partition coefficient (Wildman–Crippen LogP) is 4.64. The third-order valence-electron chi connectivity index (χ3n) is 6.51. The maximum atomic E-state index is 12.7. The van der Waals surface area contributed by atoms with Crippen LogP contribution in [0.5, 0.6) is 11.5 Å². The van der Waals surface area contributed by atoms with Gasteiger partial charge in [-0.3, -0.25) is 4.18 Å². The van der Waals surface area contributed by atoms with Crippen LogP contribution in [0.4, 0.5) is 0 Å². The molecule has 0 saturated carbocycles. The van der Waals surface area contributed by atoms with Gasteiger partial charge in [0.2, 0.25) is 0 Å². The van der Waals surface area contributed by atoms with Gasteiger partial charge >= 0.3 is 0 Å². The number of aryl methyl sites for hydroxylation is 1. The lowest BCUT2D eigenvalue weighted by Crippen LogP contribution is -2.39. The van der Waals surface area contributed by atoms with E-state index in [2.05, 4.69) is 0 Å². The lowest BCUT2D eigenvalue weighted by Gasteiger charge is -2.30. The molecule has 1 saturated heterocycles. The third-order valence-corrected chi connectivity index (χ3v) is 7.79. The minimum Gasteiger partial charge on any atom is -0.493 e. The van der Waals surface area contributed by atoms with E-state index in [4.69, 9.17) is 18.4 Å². The first-order chi connectivity index (χ1) is 17.2. The summed E-state index contributed by atoms with van der Waals surface area (Å²) in [6.45, 7) is 3.87. The molecule has 36 heavy (non-hydrogen) atoms. The van der Waals surface area contributed by atoms with Crippen molar-refractivity contribution in [2.24, 2.45) is 5.92 Å². The maximum absolute atomic E-state index is 12.7. The molecule has 1 unspecified atom stereocenters. The molecule has 7 nitrogen and oxygen atoms in total. The van der Waals surface area contributed by atoms with Crippen LogP contribution < -0.4 is 9.47 Å². The summed E-state index contributed by atoms with van der Waals surface area (Å²) in [7, 11) is -2.37. The van der Waals surface area contributed by atoms with E-state index in [1.807, 2.05) is 55.5 Å². The van der Waals surface area contributed by atoms with Crippen molar-refractivity contribution >= 4 is 10.1 Å². The van der Waals surface area contributed by atoms with E-state index in [0.29, 0.717) is 30.9 Å². The molecule has 192 valence electrons. The van der Waals surface area contributed by atoms with Gasteiger partial charge in [-0.25, -0.2) is 0 Å². The van der Waals surface area contributed by atoms with Gasteiger partial charge in [-0.15, -0.1) is 0 Å². The van der Waals surface area contributed by atoms with Crippen LogP contribution in [0.2, 0.25) is 0 Å². The zero-order chi connectivity index (χ0) is 25.8. The first kappa shape index (κ1) is 26.2. The predicted molar refractivity (Wildman–Crippen MR) is 135 cm³/mol. The van der Waals surface area contributed by atoms with Crippen molar-refractivity contribution in [2.75, 3.05) is 13.7 Å². The van der Waals surface area contributed by atoms with E-state index in [1.54, 1.807) is 26.2 Å². The lowest BCUT2D eigenvalue weighted by atomic mass is 9.84. The van der Waals surface area contributed by atoms with Gasteiger partial charge in [-0.05, 0) is 61.6 Å². The number of aliphatic hydroxyl groups excluding tert-OH is 1. The van der Waals surface area contributed by atoms with Gasteiger partial charge in [0.15, 0.2) is 17.8 Å². The summed E-state index contributed by atoms with van der Waals surface area (Å²) < 4.78 is 48.1. The Hall–Kier alpha value is -2.91. The number of rotatable bonds is 10. The lowest BCUT2D eigenvalue weighted by molar-refractivity contribution is -0.147. The van der Waals surface area contributed by atoms with Gasteiger partial charge in [0.05, 0.1) is 24.2 Å². The molecule has 0 aliphatic carbocycles. The number of hydrogen-bond donors (Lipinski definition) is 1. The van der Waals surface area contributed by atoms with Crippen molar-refractivity contribution in [3.05, 3.63) is 89.5 Å². The molecule has 0 spiro atoms. The molecule has 8 heteroatoms. The summed E-state index contributed by atoms with van der Waals surface area (Å²) in [5.41, 5.74) is 1.97. The Morgan fingerprint density at radius 2 is 1.72 bits per heavy atom. The summed E-state index contributed by atoms with van der Waals surface area (Å²) in [4.78, 5) is 0.0858. The average Bonchev–Trinajstić information content (AvgIpc) is 3.15. The Balaban J connectivity index is 1.44. The summed E-state index contributed by atoms with van der Waals surface area (Å²) in [6, 6.07) is 22.0. The molecule has 1 aliphatic rings. The second kappa shape index (κ2) is 11.0. The van der Waals surface area contributed by atoms with Crippen molar-refractivity contribution in [3.8, 4) is 11.5 Å². The molecule has 0 bridgehead atoms.